The van der Waals surface area contributed by atoms with Gasteiger partial charge in [-0.3, -0.25) is 0 Å². The Morgan fingerprint density at radius 2 is 1.90 bits per heavy atom. The molecule has 4 heteroatoms. The molecular formula is C16H26N2OSi. The first-order valence-electron chi connectivity index (χ1n) is 7.19. The highest BCUT2D eigenvalue weighted by Crippen LogP contribution is 2.36. The fourth-order valence-electron chi connectivity index (χ4n) is 2.01. The van der Waals surface area contributed by atoms with Crippen LogP contribution in [0.2, 0.25) is 18.1 Å². The zero-order valence-corrected chi connectivity index (χ0v) is 14.2. The van der Waals surface area contributed by atoms with Crippen LogP contribution in [0, 0.1) is 0 Å². The predicted molar refractivity (Wildman–Crippen MR) is 89.5 cm³/mol. The molecule has 1 aromatic heterocycles. The smallest absolute Gasteiger partial charge is 0.192 e. The van der Waals surface area contributed by atoms with Crippen LogP contribution in [0.3, 0.4) is 0 Å². The number of rotatable bonds is 4. The van der Waals surface area contributed by atoms with Crippen molar-refractivity contribution >= 4 is 24.9 Å². The second-order valence-electron chi connectivity index (χ2n) is 6.94. The topological polar surface area (TPSA) is 40.2 Å². The van der Waals surface area contributed by atoms with Gasteiger partial charge in [-0.05, 0) is 41.7 Å². The lowest BCUT2D eigenvalue weighted by molar-refractivity contribution is 0.273. The normalized spacial score (nSPS) is 13.1. The quantitative estimate of drug-likeness (QED) is 0.675. The third-order valence-corrected chi connectivity index (χ3v) is 8.94. The molecule has 0 saturated carbocycles. The third kappa shape index (κ3) is 3.07. The molecule has 0 spiro atoms. The van der Waals surface area contributed by atoms with E-state index in [2.05, 4.69) is 56.8 Å². The molecule has 0 radical (unpaired) electrons. The molecule has 2 N–H and O–H groups in total. The molecule has 0 amide bonds. The average molecular weight is 290 g/mol. The van der Waals surface area contributed by atoms with Crippen LogP contribution in [0.25, 0.3) is 10.9 Å². The number of hydrogen-bond acceptors (Lipinski definition) is 2. The highest BCUT2D eigenvalue weighted by molar-refractivity contribution is 6.74. The van der Waals surface area contributed by atoms with E-state index >= 15 is 0 Å². The van der Waals surface area contributed by atoms with E-state index in [4.69, 9.17) is 10.2 Å². The molecule has 0 atom stereocenters. The Labute approximate surface area is 122 Å². The molecule has 0 saturated heterocycles. The summed E-state index contributed by atoms with van der Waals surface area (Å²) in [6.07, 6.45) is 2.11. The lowest BCUT2D eigenvalue weighted by atomic mass is 10.2. The molecule has 0 aliphatic rings. The predicted octanol–water partition coefficient (Wildman–Crippen LogP) is 4.25. The summed E-state index contributed by atoms with van der Waals surface area (Å²) in [5.74, 6) is 0. The second-order valence-corrected chi connectivity index (χ2v) is 11.7. The van der Waals surface area contributed by atoms with Crippen molar-refractivity contribution in [2.45, 2.75) is 45.4 Å². The molecule has 3 nitrogen and oxygen atoms in total. The van der Waals surface area contributed by atoms with Crippen LogP contribution in [-0.4, -0.2) is 19.5 Å². The van der Waals surface area contributed by atoms with Crippen LogP contribution in [0.5, 0.6) is 0 Å². The fourth-order valence-corrected chi connectivity index (χ4v) is 3.05. The van der Waals surface area contributed by atoms with Crippen LogP contribution in [0.4, 0.5) is 5.69 Å². The van der Waals surface area contributed by atoms with Crippen molar-refractivity contribution in [3.05, 3.63) is 30.5 Å². The largest absolute Gasteiger partial charge is 0.415 e. The van der Waals surface area contributed by atoms with Gasteiger partial charge in [-0.15, -0.1) is 0 Å². The maximum Gasteiger partial charge on any atom is 0.192 e. The monoisotopic (exact) mass is 290 g/mol. The van der Waals surface area contributed by atoms with Crippen molar-refractivity contribution in [2.24, 2.45) is 0 Å². The fraction of sp³-hybridized carbons (Fsp3) is 0.500. The Balaban J connectivity index is 2.05. The van der Waals surface area contributed by atoms with Gasteiger partial charge in [0.15, 0.2) is 8.32 Å². The van der Waals surface area contributed by atoms with E-state index in [0.717, 1.165) is 18.8 Å². The number of nitrogens with two attached hydrogens (primary N) is 1. The van der Waals surface area contributed by atoms with E-state index in [-0.39, 0.29) is 5.04 Å². The van der Waals surface area contributed by atoms with E-state index < -0.39 is 8.32 Å². The molecule has 20 heavy (non-hydrogen) atoms. The second kappa shape index (κ2) is 5.26. The minimum atomic E-state index is -1.65. The van der Waals surface area contributed by atoms with Gasteiger partial charge in [0, 0.05) is 18.4 Å². The van der Waals surface area contributed by atoms with Crippen molar-refractivity contribution in [1.82, 2.24) is 4.57 Å². The number of benzene rings is 1. The first-order chi connectivity index (χ1) is 9.21. The van der Waals surface area contributed by atoms with Crippen molar-refractivity contribution < 1.29 is 4.43 Å². The van der Waals surface area contributed by atoms with Crippen molar-refractivity contribution in [3.63, 3.8) is 0 Å². The van der Waals surface area contributed by atoms with Crippen LogP contribution in [-0.2, 0) is 11.0 Å². The third-order valence-electron chi connectivity index (χ3n) is 4.40. The molecule has 2 rings (SSSR count). The van der Waals surface area contributed by atoms with E-state index in [1.165, 1.54) is 10.9 Å². The van der Waals surface area contributed by atoms with Gasteiger partial charge in [0.25, 0.3) is 0 Å². The Bertz CT molecular complexity index is 596. The first-order valence-corrected chi connectivity index (χ1v) is 10.1. The molecule has 0 unspecified atom stereocenters. The van der Waals surface area contributed by atoms with Gasteiger partial charge in [0.05, 0.1) is 12.1 Å². The van der Waals surface area contributed by atoms with Gasteiger partial charge in [0.2, 0.25) is 0 Å². The van der Waals surface area contributed by atoms with Gasteiger partial charge in [-0.25, -0.2) is 0 Å². The van der Waals surface area contributed by atoms with E-state index in [0.29, 0.717) is 0 Å². The zero-order chi connectivity index (χ0) is 15.0. The number of nitrogens with zero attached hydrogens (tertiary/aromatic N) is 1. The molecule has 0 aliphatic carbocycles. The van der Waals surface area contributed by atoms with E-state index in [1.807, 2.05) is 12.1 Å². The standard InChI is InChI=1S/C16H26N2OSi/c1-16(2,3)20(4,5)19-11-10-18-9-8-13-6-7-14(17)12-15(13)18/h6-9,12H,10-11,17H2,1-5H3. The maximum absolute atomic E-state index is 6.23. The molecule has 0 bridgehead atoms. The van der Waals surface area contributed by atoms with Crippen molar-refractivity contribution in [3.8, 4) is 0 Å². The van der Waals surface area contributed by atoms with Crippen LogP contribution in [0.15, 0.2) is 30.5 Å². The summed E-state index contributed by atoms with van der Waals surface area (Å²) >= 11 is 0. The van der Waals surface area contributed by atoms with Crippen LogP contribution in [0.1, 0.15) is 20.8 Å². The Morgan fingerprint density at radius 1 is 1.20 bits per heavy atom. The van der Waals surface area contributed by atoms with E-state index in [1.54, 1.807) is 0 Å². The lowest BCUT2D eigenvalue weighted by Crippen LogP contribution is -2.41. The Morgan fingerprint density at radius 3 is 2.55 bits per heavy atom. The first kappa shape index (κ1) is 15.1. The SMILES string of the molecule is CC(C)(C)[Si](C)(C)OCCn1ccc2ccc(N)cc21. The summed E-state index contributed by atoms with van der Waals surface area (Å²) in [6.45, 7) is 13.0. The van der Waals surface area contributed by atoms with Gasteiger partial charge < -0.3 is 14.7 Å². The zero-order valence-electron chi connectivity index (χ0n) is 13.2. The molecule has 0 fully saturated rings. The average Bonchev–Trinajstić information content (AvgIpc) is 2.70. The van der Waals surface area contributed by atoms with E-state index in [9.17, 15) is 0 Å². The molecular weight excluding hydrogens is 264 g/mol. The van der Waals surface area contributed by atoms with Gasteiger partial charge >= 0.3 is 0 Å². The molecule has 1 aromatic carbocycles. The summed E-state index contributed by atoms with van der Waals surface area (Å²) in [5, 5.41) is 1.49. The number of fused-ring (bicyclic) bond motifs is 1. The van der Waals surface area contributed by atoms with Crippen molar-refractivity contribution in [1.29, 1.82) is 0 Å². The highest BCUT2D eigenvalue weighted by Gasteiger charge is 2.36. The summed E-state index contributed by atoms with van der Waals surface area (Å²) in [4.78, 5) is 0. The minimum Gasteiger partial charge on any atom is -0.415 e. The summed E-state index contributed by atoms with van der Waals surface area (Å²) in [7, 11) is -1.65. The summed E-state index contributed by atoms with van der Waals surface area (Å²) in [5.41, 5.74) is 7.86. The molecule has 0 aliphatic heterocycles. The van der Waals surface area contributed by atoms with Crippen molar-refractivity contribution in [2.75, 3.05) is 12.3 Å². The molecule has 2 aromatic rings. The van der Waals surface area contributed by atoms with Gasteiger partial charge in [-0.2, -0.15) is 0 Å². The van der Waals surface area contributed by atoms with Gasteiger partial charge in [0.1, 0.15) is 0 Å². The molecule has 1 heterocycles. The van der Waals surface area contributed by atoms with Crippen LogP contribution >= 0.6 is 0 Å². The van der Waals surface area contributed by atoms with Gasteiger partial charge in [-0.1, -0.05) is 26.8 Å². The minimum absolute atomic E-state index is 0.260. The summed E-state index contributed by atoms with van der Waals surface area (Å²) in [6, 6.07) is 8.16. The number of hydrogen-bond donors (Lipinski definition) is 1. The van der Waals surface area contributed by atoms with Crippen LogP contribution < -0.4 is 5.73 Å². The number of anilines is 1. The Kier molecular flexibility index (Phi) is 3.98. The number of nitrogen functional groups attached to an aromatic ring is 1. The lowest BCUT2D eigenvalue weighted by Gasteiger charge is -2.36. The molecule has 110 valence electrons. The summed E-state index contributed by atoms with van der Waals surface area (Å²) < 4.78 is 8.45. The Hall–Kier alpha value is -1.26. The highest BCUT2D eigenvalue weighted by atomic mass is 28.4. The number of aromatic nitrogens is 1. The maximum atomic E-state index is 6.23.